The number of carbonyl (C=O) groups excluding carboxylic acids is 1. The molecule has 4 rings (SSSR count). The van der Waals surface area contributed by atoms with Gasteiger partial charge in [0.15, 0.2) is 23.0 Å². The van der Waals surface area contributed by atoms with E-state index in [1.165, 1.54) is 0 Å². The lowest BCUT2D eigenvalue weighted by molar-refractivity contribution is 0.00935. The number of cyclic esters (lactones) is 1. The number of esters is 1. The van der Waals surface area contributed by atoms with Crippen LogP contribution in [0.4, 0.5) is 0 Å². The first-order chi connectivity index (χ1) is 14.0. The molecule has 2 heterocycles. The standard InChI is InChI=1S/C22H25NO6/c1-23-7-6-12-8-16(25-2)17(26-3)9-13(12)20(23)21-14-10-18(27-4)19(28-5)11-15(14)22(24)29-21/h8-11,20-21H,6-7H2,1-5H3/t20-,21+/m0/s1. The van der Waals surface area contributed by atoms with Gasteiger partial charge in [-0.1, -0.05) is 0 Å². The summed E-state index contributed by atoms with van der Waals surface area (Å²) in [4.78, 5) is 14.9. The summed E-state index contributed by atoms with van der Waals surface area (Å²) in [6, 6.07) is 7.38. The molecule has 154 valence electrons. The van der Waals surface area contributed by atoms with E-state index in [0.29, 0.717) is 28.6 Å². The number of benzene rings is 2. The summed E-state index contributed by atoms with van der Waals surface area (Å²) in [5, 5.41) is 0. The predicted octanol–water partition coefficient (Wildman–Crippen LogP) is 3.16. The van der Waals surface area contributed by atoms with Gasteiger partial charge in [0.25, 0.3) is 0 Å². The fourth-order valence-electron chi connectivity index (χ4n) is 4.28. The fraction of sp³-hybridized carbons (Fsp3) is 0.409. The molecule has 7 heteroatoms. The maximum Gasteiger partial charge on any atom is 0.339 e. The molecule has 29 heavy (non-hydrogen) atoms. The quantitative estimate of drug-likeness (QED) is 0.716. The molecule has 2 aromatic carbocycles. The molecular formula is C22H25NO6. The van der Waals surface area contributed by atoms with Crippen molar-refractivity contribution in [1.82, 2.24) is 4.90 Å². The minimum Gasteiger partial charge on any atom is -0.493 e. The van der Waals surface area contributed by atoms with Gasteiger partial charge in [-0.3, -0.25) is 4.90 Å². The third-order valence-electron chi connectivity index (χ3n) is 5.78. The van der Waals surface area contributed by atoms with E-state index in [4.69, 9.17) is 23.7 Å². The van der Waals surface area contributed by atoms with Crippen LogP contribution in [0.25, 0.3) is 0 Å². The summed E-state index contributed by atoms with van der Waals surface area (Å²) < 4.78 is 27.7. The Bertz CT molecular complexity index is 957. The third-order valence-corrected chi connectivity index (χ3v) is 5.78. The Morgan fingerprint density at radius 1 is 0.862 bits per heavy atom. The van der Waals surface area contributed by atoms with Crippen LogP contribution in [0.5, 0.6) is 23.0 Å². The van der Waals surface area contributed by atoms with Crippen molar-refractivity contribution >= 4 is 5.97 Å². The number of hydrogen-bond donors (Lipinski definition) is 0. The molecule has 0 N–H and O–H groups in total. The second-order valence-electron chi connectivity index (χ2n) is 7.20. The molecule has 0 spiro atoms. The van der Waals surface area contributed by atoms with Crippen LogP contribution in [0.15, 0.2) is 24.3 Å². The summed E-state index contributed by atoms with van der Waals surface area (Å²) in [6.45, 7) is 0.837. The Labute approximate surface area is 170 Å². The van der Waals surface area contributed by atoms with E-state index in [0.717, 1.165) is 29.7 Å². The molecule has 0 bridgehead atoms. The largest absolute Gasteiger partial charge is 0.493 e. The van der Waals surface area contributed by atoms with Crippen molar-refractivity contribution in [2.75, 3.05) is 42.0 Å². The summed E-state index contributed by atoms with van der Waals surface area (Å²) in [6.07, 6.45) is 0.418. The summed E-state index contributed by atoms with van der Waals surface area (Å²) in [5.74, 6) is 2.08. The van der Waals surface area contributed by atoms with E-state index in [1.807, 2.05) is 25.2 Å². The number of carbonyl (C=O) groups is 1. The van der Waals surface area contributed by atoms with Gasteiger partial charge in [0, 0.05) is 12.1 Å². The topological polar surface area (TPSA) is 66.5 Å². The number of likely N-dealkylation sites (N-methyl/N-ethyl adjacent to an activating group) is 1. The van der Waals surface area contributed by atoms with Gasteiger partial charge in [0.1, 0.15) is 6.10 Å². The van der Waals surface area contributed by atoms with E-state index in [9.17, 15) is 4.79 Å². The lowest BCUT2D eigenvalue weighted by Gasteiger charge is -2.38. The van der Waals surface area contributed by atoms with Crippen LogP contribution < -0.4 is 18.9 Å². The molecule has 0 aromatic heterocycles. The highest BCUT2D eigenvalue weighted by Gasteiger charge is 2.42. The molecule has 0 unspecified atom stereocenters. The summed E-state index contributed by atoms with van der Waals surface area (Å²) in [5.41, 5.74) is 3.54. The van der Waals surface area contributed by atoms with E-state index in [1.54, 1.807) is 34.5 Å². The monoisotopic (exact) mass is 399 g/mol. The van der Waals surface area contributed by atoms with Crippen LogP contribution >= 0.6 is 0 Å². The van der Waals surface area contributed by atoms with E-state index in [2.05, 4.69) is 4.90 Å². The average Bonchev–Trinajstić information content (AvgIpc) is 3.06. The van der Waals surface area contributed by atoms with Gasteiger partial charge in [0.05, 0.1) is 40.0 Å². The zero-order valence-electron chi connectivity index (χ0n) is 17.3. The zero-order valence-corrected chi connectivity index (χ0v) is 17.3. The molecule has 0 aliphatic carbocycles. The maximum atomic E-state index is 12.6. The molecule has 0 radical (unpaired) electrons. The number of fused-ring (bicyclic) bond motifs is 2. The molecular weight excluding hydrogens is 374 g/mol. The average molecular weight is 399 g/mol. The van der Waals surface area contributed by atoms with Crippen molar-refractivity contribution < 1.29 is 28.5 Å². The number of hydrogen-bond acceptors (Lipinski definition) is 7. The second-order valence-corrected chi connectivity index (χ2v) is 7.20. The van der Waals surface area contributed by atoms with Gasteiger partial charge in [-0.05, 0) is 48.9 Å². The Morgan fingerprint density at radius 3 is 2.03 bits per heavy atom. The lowest BCUT2D eigenvalue weighted by atomic mass is 9.86. The molecule has 0 saturated heterocycles. The third kappa shape index (κ3) is 3.06. The van der Waals surface area contributed by atoms with E-state index in [-0.39, 0.29) is 12.0 Å². The fourth-order valence-corrected chi connectivity index (χ4v) is 4.28. The highest BCUT2D eigenvalue weighted by molar-refractivity contribution is 5.95. The normalized spacial score (nSPS) is 20.5. The first kappa shape index (κ1) is 19.4. The van der Waals surface area contributed by atoms with Crippen molar-refractivity contribution in [1.29, 1.82) is 0 Å². The maximum absolute atomic E-state index is 12.6. The summed E-state index contributed by atoms with van der Waals surface area (Å²) in [7, 11) is 8.42. The molecule has 0 fully saturated rings. The van der Waals surface area contributed by atoms with Gasteiger partial charge >= 0.3 is 5.97 Å². The molecule has 2 aromatic rings. The van der Waals surface area contributed by atoms with Crippen molar-refractivity contribution in [3.05, 3.63) is 46.5 Å². The Morgan fingerprint density at radius 2 is 1.41 bits per heavy atom. The van der Waals surface area contributed by atoms with Crippen LogP contribution in [-0.2, 0) is 11.2 Å². The predicted molar refractivity (Wildman–Crippen MR) is 106 cm³/mol. The van der Waals surface area contributed by atoms with Gasteiger partial charge in [-0.25, -0.2) is 4.79 Å². The first-order valence-electron chi connectivity index (χ1n) is 9.44. The lowest BCUT2D eigenvalue weighted by Crippen LogP contribution is -2.36. The highest BCUT2D eigenvalue weighted by atomic mass is 16.6. The molecule has 2 aliphatic rings. The molecule has 7 nitrogen and oxygen atoms in total. The van der Waals surface area contributed by atoms with Crippen molar-refractivity contribution in [2.24, 2.45) is 0 Å². The number of nitrogens with zero attached hydrogens (tertiary/aromatic N) is 1. The number of rotatable bonds is 5. The van der Waals surface area contributed by atoms with Crippen LogP contribution in [0.1, 0.15) is 39.2 Å². The van der Waals surface area contributed by atoms with Crippen LogP contribution in [0, 0.1) is 0 Å². The van der Waals surface area contributed by atoms with Crippen LogP contribution in [-0.4, -0.2) is 52.9 Å². The van der Waals surface area contributed by atoms with Gasteiger partial charge in [-0.15, -0.1) is 0 Å². The molecule has 0 amide bonds. The van der Waals surface area contributed by atoms with Crippen LogP contribution in [0.2, 0.25) is 0 Å². The Kier molecular flexibility index (Phi) is 5.00. The smallest absolute Gasteiger partial charge is 0.339 e. The van der Waals surface area contributed by atoms with Gasteiger partial charge in [0.2, 0.25) is 0 Å². The van der Waals surface area contributed by atoms with Gasteiger partial charge < -0.3 is 23.7 Å². The SMILES string of the molecule is COc1cc2c(cc1OC)[C@@H]([C@@H]1OC(=O)c3cc(OC)c(OC)cc31)N(C)CC2. The van der Waals surface area contributed by atoms with E-state index < -0.39 is 6.10 Å². The number of ether oxygens (including phenoxy) is 5. The highest BCUT2D eigenvalue weighted by Crippen LogP contribution is 2.49. The van der Waals surface area contributed by atoms with E-state index >= 15 is 0 Å². The van der Waals surface area contributed by atoms with Gasteiger partial charge in [-0.2, -0.15) is 0 Å². The van der Waals surface area contributed by atoms with Crippen molar-refractivity contribution in [3.63, 3.8) is 0 Å². The molecule has 2 atom stereocenters. The second kappa shape index (κ2) is 7.48. The Hall–Kier alpha value is -2.93. The first-order valence-corrected chi connectivity index (χ1v) is 9.44. The number of methoxy groups -OCH3 is 4. The van der Waals surface area contributed by atoms with Crippen molar-refractivity contribution in [2.45, 2.75) is 18.6 Å². The minimum atomic E-state index is -0.459. The minimum absolute atomic E-state index is 0.151. The van der Waals surface area contributed by atoms with Crippen LogP contribution in [0.3, 0.4) is 0 Å². The molecule has 2 aliphatic heterocycles. The van der Waals surface area contributed by atoms with Crippen molar-refractivity contribution in [3.8, 4) is 23.0 Å². The Balaban J connectivity index is 1.84. The molecule has 0 saturated carbocycles. The summed E-state index contributed by atoms with van der Waals surface area (Å²) >= 11 is 0. The zero-order chi connectivity index (χ0) is 20.7.